The maximum Gasteiger partial charge on any atom is 0.343 e. The largest absolute Gasteiger partial charge is 0.458 e. The van der Waals surface area contributed by atoms with Gasteiger partial charge in [-0.15, -0.1) is 11.6 Å². The number of ether oxygens (including phenoxy) is 3. The Kier molecular flexibility index (Phi) is 4.47. The Bertz CT molecular complexity index is 1410. The number of esters is 1. The zero-order valence-corrected chi connectivity index (χ0v) is 18.7. The molecule has 3 aliphatic rings. The van der Waals surface area contributed by atoms with Gasteiger partial charge in [0.05, 0.1) is 29.0 Å². The summed E-state index contributed by atoms with van der Waals surface area (Å²) in [6.07, 6.45) is 1.58. The molecule has 0 bridgehead atoms. The third-order valence-electron chi connectivity index (χ3n) is 6.86. The van der Waals surface area contributed by atoms with Gasteiger partial charge in [0.1, 0.15) is 6.61 Å². The highest BCUT2D eigenvalue weighted by atomic mass is 35.5. The number of carbonyl (C=O) groups is 1. The molecule has 5 heterocycles. The average molecular weight is 469 g/mol. The van der Waals surface area contributed by atoms with Gasteiger partial charge in [-0.2, -0.15) is 0 Å². The number of aromatic nitrogens is 2. The summed E-state index contributed by atoms with van der Waals surface area (Å²) in [5, 5.41) is 12.0. The molecule has 1 unspecified atom stereocenters. The first-order valence-corrected chi connectivity index (χ1v) is 11.5. The normalized spacial score (nSPS) is 19.9. The standard InChI is InChI=1S/C24H21ClN2O6/c1-2-24(30)16-7-18-21-14(9-27(18)22(28)15(16)10-31-23(24)29)12(4-3-5-25)13-6-19-20(33-11-32-19)8-17(13)26-21/h6-8,30H,2-5,9-11H2,1H3. The number of aliphatic hydroxyl groups is 1. The van der Waals surface area contributed by atoms with Crippen molar-refractivity contribution in [1.29, 1.82) is 0 Å². The summed E-state index contributed by atoms with van der Waals surface area (Å²) in [6.45, 7) is 2.05. The fourth-order valence-electron chi connectivity index (χ4n) is 5.08. The lowest BCUT2D eigenvalue weighted by molar-refractivity contribution is -0.172. The molecule has 0 aliphatic carbocycles. The van der Waals surface area contributed by atoms with Crippen molar-refractivity contribution in [2.75, 3.05) is 12.7 Å². The van der Waals surface area contributed by atoms with Crippen LogP contribution in [-0.2, 0) is 34.7 Å². The molecule has 0 saturated heterocycles. The second kappa shape index (κ2) is 7.20. The van der Waals surface area contributed by atoms with E-state index in [9.17, 15) is 14.7 Å². The van der Waals surface area contributed by atoms with E-state index in [0.717, 1.165) is 28.5 Å². The zero-order valence-electron chi connectivity index (χ0n) is 17.9. The van der Waals surface area contributed by atoms with E-state index >= 15 is 0 Å². The molecule has 8 nitrogen and oxygen atoms in total. The number of pyridine rings is 2. The maximum atomic E-state index is 13.4. The number of rotatable bonds is 4. The summed E-state index contributed by atoms with van der Waals surface area (Å²) in [5.41, 5.74) is 2.47. The van der Waals surface area contributed by atoms with E-state index in [0.29, 0.717) is 52.9 Å². The number of nitrogens with zero attached hydrogens (tertiary/aromatic N) is 2. The molecule has 1 aromatic carbocycles. The lowest BCUT2D eigenvalue weighted by atomic mass is 9.86. The van der Waals surface area contributed by atoms with Crippen LogP contribution >= 0.6 is 11.6 Å². The second-order valence-corrected chi connectivity index (χ2v) is 8.91. The molecular weight excluding hydrogens is 448 g/mol. The van der Waals surface area contributed by atoms with Crippen molar-refractivity contribution in [3.63, 3.8) is 0 Å². The van der Waals surface area contributed by atoms with Gasteiger partial charge >= 0.3 is 5.97 Å². The van der Waals surface area contributed by atoms with Gasteiger partial charge in [-0.3, -0.25) is 4.79 Å². The molecule has 3 aliphatic heterocycles. The molecule has 9 heteroatoms. The lowest BCUT2D eigenvalue weighted by Gasteiger charge is -2.31. The van der Waals surface area contributed by atoms with E-state index in [1.807, 2.05) is 12.1 Å². The number of hydrogen-bond acceptors (Lipinski definition) is 7. The van der Waals surface area contributed by atoms with Gasteiger partial charge in [0.15, 0.2) is 17.1 Å². The minimum absolute atomic E-state index is 0.101. The fraction of sp³-hybridized carbons (Fsp3) is 0.375. The fourth-order valence-corrected chi connectivity index (χ4v) is 5.21. The third kappa shape index (κ3) is 2.77. The number of benzene rings is 1. The van der Waals surface area contributed by atoms with Crippen molar-refractivity contribution in [3.8, 4) is 22.9 Å². The molecule has 6 rings (SSSR count). The molecule has 1 atom stereocenters. The predicted octanol–water partition coefficient (Wildman–Crippen LogP) is 2.98. The second-order valence-electron chi connectivity index (χ2n) is 8.54. The van der Waals surface area contributed by atoms with Crippen LogP contribution in [0.3, 0.4) is 0 Å². The molecule has 170 valence electrons. The Morgan fingerprint density at radius 1 is 1.15 bits per heavy atom. The molecule has 0 fully saturated rings. The summed E-state index contributed by atoms with van der Waals surface area (Å²) < 4.78 is 17.9. The highest BCUT2D eigenvalue weighted by molar-refractivity contribution is 6.17. The third-order valence-corrected chi connectivity index (χ3v) is 7.13. The molecule has 0 radical (unpaired) electrons. The Labute approximate surface area is 193 Å². The number of fused-ring (bicyclic) bond motifs is 6. The van der Waals surface area contributed by atoms with Crippen molar-refractivity contribution in [2.24, 2.45) is 0 Å². The Morgan fingerprint density at radius 2 is 1.94 bits per heavy atom. The summed E-state index contributed by atoms with van der Waals surface area (Å²) in [6, 6.07) is 5.51. The van der Waals surface area contributed by atoms with Crippen LogP contribution < -0.4 is 15.0 Å². The molecule has 33 heavy (non-hydrogen) atoms. The van der Waals surface area contributed by atoms with Gasteiger partial charge in [-0.05, 0) is 37.0 Å². The molecule has 2 aromatic heterocycles. The first kappa shape index (κ1) is 20.5. The van der Waals surface area contributed by atoms with Crippen LogP contribution in [-0.4, -0.2) is 33.3 Å². The van der Waals surface area contributed by atoms with E-state index in [-0.39, 0.29) is 25.4 Å². The molecule has 0 saturated carbocycles. The number of alkyl halides is 1. The Hall–Kier alpha value is -3.10. The molecule has 1 N–H and O–H groups in total. The van der Waals surface area contributed by atoms with E-state index in [2.05, 4.69) is 0 Å². The van der Waals surface area contributed by atoms with Gasteiger partial charge in [0, 0.05) is 28.5 Å². The number of carbonyl (C=O) groups excluding carboxylic acids is 1. The van der Waals surface area contributed by atoms with Crippen molar-refractivity contribution in [1.82, 2.24) is 9.55 Å². The smallest absolute Gasteiger partial charge is 0.343 e. The predicted molar refractivity (Wildman–Crippen MR) is 120 cm³/mol. The van der Waals surface area contributed by atoms with Crippen LogP contribution in [0.15, 0.2) is 23.0 Å². The first-order valence-electron chi connectivity index (χ1n) is 10.9. The minimum atomic E-state index is -1.85. The van der Waals surface area contributed by atoms with Crippen molar-refractivity contribution >= 4 is 28.5 Å². The number of cyclic esters (lactones) is 1. The van der Waals surface area contributed by atoms with Gasteiger partial charge in [-0.1, -0.05) is 6.92 Å². The first-order chi connectivity index (χ1) is 16.0. The van der Waals surface area contributed by atoms with Gasteiger partial charge in [0.25, 0.3) is 5.56 Å². The van der Waals surface area contributed by atoms with Crippen LogP contribution in [0.4, 0.5) is 0 Å². The van der Waals surface area contributed by atoms with E-state index in [1.165, 1.54) is 0 Å². The Morgan fingerprint density at radius 3 is 2.70 bits per heavy atom. The monoisotopic (exact) mass is 468 g/mol. The van der Waals surface area contributed by atoms with Crippen LogP contribution in [0.1, 0.15) is 42.0 Å². The topological polar surface area (TPSA) is 99.9 Å². The highest BCUT2D eigenvalue weighted by Crippen LogP contribution is 2.43. The molecule has 3 aromatic rings. The summed E-state index contributed by atoms with van der Waals surface area (Å²) in [4.78, 5) is 30.7. The molecule has 0 spiro atoms. The quantitative estimate of drug-likeness (QED) is 0.363. The van der Waals surface area contributed by atoms with Crippen molar-refractivity contribution in [3.05, 3.63) is 50.8 Å². The molecular formula is C24H21ClN2O6. The van der Waals surface area contributed by atoms with Crippen molar-refractivity contribution in [2.45, 2.75) is 44.9 Å². The van der Waals surface area contributed by atoms with Crippen LogP contribution in [0.5, 0.6) is 11.5 Å². The summed E-state index contributed by atoms with van der Waals surface area (Å²) in [5.74, 6) is 1.07. The van der Waals surface area contributed by atoms with Crippen LogP contribution in [0, 0.1) is 0 Å². The summed E-state index contributed by atoms with van der Waals surface area (Å²) in [7, 11) is 0. The van der Waals surface area contributed by atoms with E-state index < -0.39 is 11.6 Å². The van der Waals surface area contributed by atoms with Gasteiger partial charge in [0.2, 0.25) is 6.79 Å². The SMILES string of the molecule is CCC1(O)C(=O)OCc2c1cc1n(c2=O)Cc2c-1nc1cc3c(cc1c2CCCCl)OCO3. The van der Waals surface area contributed by atoms with Crippen molar-refractivity contribution < 1.29 is 24.1 Å². The van der Waals surface area contributed by atoms with Gasteiger partial charge < -0.3 is 23.9 Å². The molecule has 0 amide bonds. The lowest BCUT2D eigenvalue weighted by Crippen LogP contribution is -2.44. The zero-order chi connectivity index (χ0) is 22.9. The average Bonchev–Trinajstić information content (AvgIpc) is 3.42. The number of halogens is 1. The summed E-state index contributed by atoms with van der Waals surface area (Å²) >= 11 is 6.02. The maximum absolute atomic E-state index is 13.4. The number of hydrogen-bond donors (Lipinski definition) is 1. The number of aryl methyl sites for hydroxylation is 1. The van der Waals surface area contributed by atoms with Crippen LogP contribution in [0.2, 0.25) is 0 Å². The minimum Gasteiger partial charge on any atom is -0.458 e. The highest BCUT2D eigenvalue weighted by Gasteiger charge is 2.45. The van der Waals surface area contributed by atoms with Gasteiger partial charge in [-0.25, -0.2) is 9.78 Å². The Balaban J connectivity index is 1.63. The van der Waals surface area contributed by atoms with Crippen LogP contribution in [0.25, 0.3) is 22.3 Å². The van der Waals surface area contributed by atoms with E-state index in [4.69, 9.17) is 30.8 Å². The van der Waals surface area contributed by atoms with E-state index in [1.54, 1.807) is 17.6 Å².